The summed E-state index contributed by atoms with van der Waals surface area (Å²) in [5, 5.41) is 4.24. The number of nitrogens with zero attached hydrogens (tertiary/aromatic N) is 3. The van der Waals surface area contributed by atoms with E-state index in [1.54, 1.807) is 23.1 Å². The van der Waals surface area contributed by atoms with Crippen molar-refractivity contribution in [1.29, 1.82) is 0 Å². The second kappa shape index (κ2) is 6.95. The van der Waals surface area contributed by atoms with Gasteiger partial charge in [-0.1, -0.05) is 0 Å². The molecular formula is C16H16FN3O2S. The lowest BCUT2D eigenvalue weighted by Gasteiger charge is -2.26. The van der Waals surface area contributed by atoms with Crippen LogP contribution in [0.5, 0.6) is 0 Å². The van der Waals surface area contributed by atoms with Crippen molar-refractivity contribution < 1.29 is 9.18 Å². The standard InChI is InChI=1S/C16H16FN3O2S/c17-13-3-1-12(2-4-13)14-5-6-15(21)20(18-14)11-16(22)19-7-9-23-10-8-19/h1-6H,7-11H2. The summed E-state index contributed by atoms with van der Waals surface area (Å²) < 4.78 is 14.2. The molecule has 1 saturated heterocycles. The van der Waals surface area contributed by atoms with Crippen molar-refractivity contribution in [2.75, 3.05) is 24.6 Å². The van der Waals surface area contributed by atoms with Gasteiger partial charge in [-0.2, -0.15) is 16.9 Å². The molecule has 7 heteroatoms. The fraction of sp³-hybridized carbons (Fsp3) is 0.312. The zero-order valence-corrected chi connectivity index (χ0v) is 13.3. The SMILES string of the molecule is O=C(Cn1nc(-c2ccc(F)cc2)ccc1=O)N1CCSCC1. The Morgan fingerprint density at radius 1 is 1.13 bits per heavy atom. The van der Waals surface area contributed by atoms with E-state index < -0.39 is 0 Å². The van der Waals surface area contributed by atoms with E-state index in [1.165, 1.54) is 22.9 Å². The Bertz CT molecular complexity index is 755. The van der Waals surface area contributed by atoms with Crippen LogP contribution < -0.4 is 5.56 Å². The van der Waals surface area contributed by atoms with Gasteiger partial charge >= 0.3 is 0 Å². The molecule has 1 aliphatic heterocycles. The number of hydrogen-bond donors (Lipinski definition) is 0. The number of carbonyl (C=O) groups excluding carboxylic acids is 1. The minimum atomic E-state index is -0.333. The van der Waals surface area contributed by atoms with Gasteiger partial charge in [0.05, 0.1) is 5.69 Å². The van der Waals surface area contributed by atoms with Crippen molar-refractivity contribution in [2.45, 2.75) is 6.54 Å². The summed E-state index contributed by atoms with van der Waals surface area (Å²) in [6, 6.07) is 8.82. The van der Waals surface area contributed by atoms with E-state index in [0.29, 0.717) is 24.3 Å². The Hall–Kier alpha value is -2.15. The average molecular weight is 333 g/mol. The zero-order valence-electron chi connectivity index (χ0n) is 12.4. The zero-order chi connectivity index (χ0) is 16.2. The molecule has 0 spiro atoms. The van der Waals surface area contributed by atoms with Crippen molar-refractivity contribution in [1.82, 2.24) is 14.7 Å². The predicted molar refractivity (Wildman–Crippen MR) is 87.8 cm³/mol. The van der Waals surface area contributed by atoms with Gasteiger partial charge in [0, 0.05) is 36.2 Å². The fourth-order valence-corrected chi connectivity index (χ4v) is 3.28. The van der Waals surface area contributed by atoms with Crippen LogP contribution in [-0.2, 0) is 11.3 Å². The van der Waals surface area contributed by atoms with Crippen LogP contribution in [0.2, 0.25) is 0 Å². The summed E-state index contributed by atoms with van der Waals surface area (Å²) >= 11 is 1.82. The van der Waals surface area contributed by atoms with Crippen molar-refractivity contribution >= 4 is 17.7 Å². The summed E-state index contributed by atoms with van der Waals surface area (Å²) in [5.41, 5.74) is 0.907. The molecule has 120 valence electrons. The lowest BCUT2D eigenvalue weighted by molar-refractivity contribution is -0.131. The van der Waals surface area contributed by atoms with Crippen molar-refractivity contribution in [3.8, 4) is 11.3 Å². The van der Waals surface area contributed by atoms with Crippen molar-refractivity contribution in [3.63, 3.8) is 0 Å². The third-order valence-corrected chi connectivity index (χ3v) is 4.60. The van der Waals surface area contributed by atoms with E-state index in [4.69, 9.17) is 0 Å². The largest absolute Gasteiger partial charge is 0.339 e. The van der Waals surface area contributed by atoms with Gasteiger partial charge in [-0.05, 0) is 30.3 Å². The molecule has 0 N–H and O–H groups in total. The fourth-order valence-electron chi connectivity index (χ4n) is 2.38. The molecule has 0 bridgehead atoms. The normalized spacial score (nSPS) is 14.7. The molecular weight excluding hydrogens is 317 g/mol. The number of rotatable bonds is 3. The molecule has 1 aromatic carbocycles. The van der Waals surface area contributed by atoms with E-state index in [1.807, 2.05) is 11.8 Å². The molecule has 23 heavy (non-hydrogen) atoms. The summed E-state index contributed by atoms with van der Waals surface area (Å²) in [4.78, 5) is 26.0. The number of aromatic nitrogens is 2. The van der Waals surface area contributed by atoms with E-state index in [-0.39, 0.29) is 23.8 Å². The quantitative estimate of drug-likeness (QED) is 0.857. The van der Waals surface area contributed by atoms with Crippen LogP contribution in [0.25, 0.3) is 11.3 Å². The molecule has 0 saturated carbocycles. The van der Waals surface area contributed by atoms with Gasteiger partial charge in [0.15, 0.2) is 0 Å². The van der Waals surface area contributed by atoms with Crippen LogP contribution in [0.3, 0.4) is 0 Å². The van der Waals surface area contributed by atoms with E-state index in [2.05, 4.69) is 5.10 Å². The maximum absolute atomic E-state index is 13.0. The van der Waals surface area contributed by atoms with Crippen LogP contribution >= 0.6 is 11.8 Å². The first-order chi connectivity index (χ1) is 11.1. The summed E-state index contributed by atoms with van der Waals surface area (Å²) in [7, 11) is 0. The molecule has 1 fully saturated rings. The molecule has 0 atom stereocenters. The maximum Gasteiger partial charge on any atom is 0.267 e. The first kappa shape index (κ1) is 15.7. The highest BCUT2D eigenvalue weighted by atomic mass is 32.2. The highest BCUT2D eigenvalue weighted by molar-refractivity contribution is 7.99. The third-order valence-electron chi connectivity index (χ3n) is 3.66. The average Bonchev–Trinajstić information content (AvgIpc) is 2.58. The summed E-state index contributed by atoms with van der Waals surface area (Å²) in [6.07, 6.45) is 0. The molecule has 2 aromatic rings. The molecule has 1 aromatic heterocycles. The second-order valence-electron chi connectivity index (χ2n) is 5.21. The Labute approximate surface area is 137 Å². The number of benzene rings is 1. The minimum Gasteiger partial charge on any atom is -0.339 e. The summed E-state index contributed by atoms with van der Waals surface area (Å²) in [6.45, 7) is 1.34. The topological polar surface area (TPSA) is 55.2 Å². The van der Waals surface area contributed by atoms with Crippen LogP contribution in [0, 0.1) is 5.82 Å². The van der Waals surface area contributed by atoms with E-state index >= 15 is 0 Å². The van der Waals surface area contributed by atoms with Gasteiger partial charge in [0.2, 0.25) is 5.91 Å². The van der Waals surface area contributed by atoms with Gasteiger partial charge in [-0.25, -0.2) is 9.07 Å². The molecule has 3 rings (SSSR count). The van der Waals surface area contributed by atoms with Gasteiger partial charge in [0.25, 0.3) is 5.56 Å². The van der Waals surface area contributed by atoms with Gasteiger partial charge < -0.3 is 4.90 Å². The van der Waals surface area contributed by atoms with Gasteiger partial charge in [-0.3, -0.25) is 9.59 Å². The first-order valence-electron chi connectivity index (χ1n) is 7.33. The molecule has 0 radical (unpaired) electrons. The Morgan fingerprint density at radius 2 is 1.83 bits per heavy atom. The highest BCUT2D eigenvalue weighted by Crippen LogP contribution is 2.15. The first-order valence-corrected chi connectivity index (χ1v) is 8.48. The number of hydrogen-bond acceptors (Lipinski definition) is 4. The van der Waals surface area contributed by atoms with E-state index in [0.717, 1.165) is 11.5 Å². The van der Waals surface area contributed by atoms with Crippen molar-refractivity contribution in [2.24, 2.45) is 0 Å². The molecule has 1 amide bonds. The second-order valence-corrected chi connectivity index (χ2v) is 6.44. The van der Waals surface area contributed by atoms with Gasteiger partial charge in [0.1, 0.15) is 12.4 Å². The highest BCUT2D eigenvalue weighted by Gasteiger charge is 2.18. The summed E-state index contributed by atoms with van der Waals surface area (Å²) in [5.74, 6) is 1.41. The predicted octanol–water partition coefficient (Wildman–Crippen LogP) is 1.62. The van der Waals surface area contributed by atoms with Crippen LogP contribution in [-0.4, -0.2) is 45.2 Å². The van der Waals surface area contributed by atoms with Crippen LogP contribution in [0.4, 0.5) is 4.39 Å². The Morgan fingerprint density at radius 3 is 2.52 bits per heavy atom. The van der Waals surface area contributed by atoms with E-state index in [9.17, 15) is 14.0 Å². The number of carbonyl (C=O) groups is 1. The Kier molecular flexibility index (Phi) is 4.76. The van der Waals surface area contributed by atoms with Crippen LogP contribution in [0.15, 0.2) is 41.2 Å². The smallest absolute Gasteiger partial charge is 0.267 e. The number of thioether (sulfide) groups is 1. The molecule has 1 aliphatic rings. The third kappa shape index (κ3) is 3.79. The van der Waals surface area contributed by atoms with Crippen LogP contribution in [0.1, 0.15) is 0 Å². The number of halogens is 1. The molecule has 0 unspecified atom stereocenters. The molecule has 2 heterocycles. The van der Waals surface area contributed by atoms with Gasteiger partial charge in [-0.15, -0.1) is 0 Å². The lowest BCUT2D eigenvalue weighted by Crippen LogP contribution is -2.41. The minimum absolute atomic E-state index is 0.0709. The number of amides is 1. The van der Waals surface area contributed by atoms with Crippen molar-refractivity contribution in [3.05, 3.63) is 52.6 Å². The Balaban J connectivity index is 1.81. The molecule has 5 nitrogen and oxygen atoms in total. The molecule has 0 aliphatic carbocycles. The lowest BCUT2D eigenvalue weighted by atomic mass is 10.1. The monoisotopic (exact) mass is 333 g/mol. The maximum atomic E-state index is 13.0.